The second kappa shape index (κ2) is 4.59. The Morgan fingerprint density at radius 3 is 2.64 bits per heavy atom. The molecule has 1 saturated heterocycles. The SMILES string of the molecule is CCN1C(CCC(C)C)COS1(=O)=O. The van der Waals surface area contributed by atoms with Crippen LogP contribution in [0, 0.1) is 5.92 Å². The van der Waals surface area contributed by atoms with Crippen molar-refractivity contribution in [1.82, 2.24) is 4.31 Å². The van der Waals surface area contributed by atoms with Crippen molar-refractivity contribution in [2.45, 2.75) is 39.7 Å². The first-order valence-electron chi connectivity index (χ1n) is 5.13. The molecule has 1 aliphatic rings. The van der Waals surface area contributed by atoms with Gasteiger partial charge < -0.3 is 0 Å². The van der Waals surface area contributed by atoms with Crippen LogP contribution in [0.4, 0.5) is 0 Å². The van der Waals surface area contributed by atoms with Crippen molar-refractivity contribution in [1.29, 1.82) is 0 Å². The van der Waals surface area contributed by atoms with Crippen molar-refractivity contribution in [2.75, 3.05) is 13.2 Å². The molecule has 1 unspecified atom stereocenters. The van der Waals surface area contributed by atoms with Crippen molar-refractivity contribution >= 4 is 10.3 Å². The van der Waals surface area contributed by atoms with E-state index in [9.17, 15) is 8.42 Å². The van der Waals surface area contributed by atoms with Gasteiger partial charge in [0, 0.05) is 6.54 Å². The van der Waals surface area contributed by atoms with Crippen LogP contribution in [-0.4, -0.2) is 31.9 Å². The van der Waals surface area contributed by atoms with Crippen LogP contribution >= 0.6 is 0 Å². The van der Waals surface area contributed by atoms with E-state index in [-0.39, 0.29) is 6.04 Å². The molecule has 1 aliphatic heterocycles. The number of likely N-dealkylation sites (N-methyl/N-ethyl adjacent to an activating group) is 1. The van der Waals surface area contributed by atoms with Gasteiger partial charge in [0.15, 0.2) is 0 Å². The number of nitrogens with zero attached hydrogens (tertiary/aromatic N) is 1. The second-order valence-electron chi connectivity index (χ2n) is 4.07. The first-order chi connectivity index (χ1) is 6.47. The average Bonchev–Trinajstić information content (AvgIpc) is 2.37. The summed E-state index contributed by atoms with van der Waals surface area (Å²) in [5.41, 5.74) is 0. The van der Waals surface area contributed by atoms with Crippen molar-refractivity contribution in [2.24, 2.45) is 5.92 Å². The predicted octanol–water partition coefficient (Wildman–Crippen LogP) is 1.39. The Morgan fingerprint density at radius 2 is 2.14 bits per heavy atom. The summed E-state index contributed by atoms with van der Waals surface area (Å²) in [6.07, 6.45) is 1.94. The van der Waals surface area contributed by atoms with Gasteiger partial charge in [0.25, 0.3) is 0 Å². The van der Waals surface area contributed by atoms with Gasteiger partial charge in [0.05, 0.1) is 12.6 Å². The van der Waals surface area contributed by atoms with E-state index in [2.05, 4.69) is 13.8 Å². The number of rotatable bonds is 4. The van der Waals surface area contributed by atoms with E-state index in [1.807, 2.05) is 6.92 Å². The quantitative estimate of drug-likeness (QED) is 0.720. The summed E-state index contributed by atoms with van der Waals surface area (Å²) in [4.78, 5) is 0. The molecule has 1 rings (SSSR count). The van der Waals surface area contributed by atoms with E-state index in [1.165, 1.54) is 4.31 Å². The smallest absolute Gasteiger partial charge is 0.256 e. The normalized spacial score (nSPS) is 27.3. The highest BCUT2D eigenvalue weighted by Crippen LogP contribution is 2.22. The first-order valence-corrected chi connectivity index (χ1v) is 6.50. The standard InChI is InChI=1S/C9H19NO3S/c1-4-10-9(6-5-8(2)3)7-13-14(10,11)12/h8-9H,4-7H2,1-3H3. The highest BCUT2D eigenvalue weighted by Gasteiger charge is 2.36. The van der Waals surface area contributed by atoms with Gasteiger partial charge in [-0.05, 0) is 18.8 Å². The second-order valence-corrected chi connectivity index (χ2v) is 5.63. The first kappa shape index (κ1) is 11.9. The molecule has 4 nitrogen and oxygen atoms in total. The minimum atomic E-state index is -3.40. The number of hydrogen-bond donors (Lipinski definition) is 0. The highest BCUT2D eigenvalue weighted by atomic mass is 32.2. The van der Waals surface area contributed by atoms with Crippen LogP contribution < -0.4 is 0 Å². The van der Waals surface area contributed by atoms with E-state index in [4.69, 9.17) is 4.18 Å². The summed E-state index contributed by atoms with van der Waals surface area (Å²) in [5, 5.41) is 0. The molecule has 0 saturated carbocycles. The highest BCUT2D eigenvalue weighted by molar-refractivity contribution is 7.84. The zero-order valence-electron chi connectivity index (χ0n) is 9.06. The molecule has 0 N–H and O–H groups in total. The van der Waals surface area contributed by atoms with Gasteiger partial charge in [-0.3, -0.25) is 4.18 Å². The molecule has 0 radical (unpaired) electrons. The van der Waals surface area contributed by atoms with Crippen LogP contribution in [0.3, 0.4) is 0 Å². The van der Waals surface area contributed by atoms with Crippen molar-refractivity contribution in [3.63, 3.8) is 0 Å². The molecule has 1 atom stereocenters. The average molecular weight is 221 g/mol. The van der Waals surface area contributed by atoms with Gasteiger partial charge in [-0.1, -0.05) is 20.8 Å². The molecule has 1 fully saturated rings. The fourth-order valence-electron chi connectivity index (χ4n) is 1.67. The van der Waals surface area contributed by atoms with Crippen LogP contribution in [-0.2, 0) is 14.5 Å². The van der Waals surface area contributed by atoms with Crippen LogP contribution in [0.15, 0.2) is 0 Å². The third-order valence-corrected chi connectivity index (χ3v) is 4.06. The van der Waals surface area contributed by atoms with E-state index in [0.717, 1.165) is 12.8 Å². The van der Waals surface area contributed by atoms with Gasteiger partial charge in [-0.15, -0.1) is 0 Å². The summed E-state index contributed by atoms with van der Waals surface area (Å²) < 4.78 is 28.9. The zero-order valence-corrected chi connectivity index (χ0v) is 9.88. The van der Waals surface area contributed by atoms with Crippen molar-refractivity contribution in [3.05, 3.63) is 0 Å². The molecule has 0 aromatic heterocycles. The molecule has 1 heterocycles. The maximum Gasteiger partial charge on any atom is 0.338 e. The third kappa shape index (κ3) is 2.68. The molecule has 0 spiro atoms. The summed E-state index contributed by atoms with van der Waals surface area (Å²) in [6, 6.07) is 0.0485. The van der Waals surface area contributed by atoms with Gasteiger partial charge >= 0.3 is 10.3 Å². The summed E-state index contributed by atoms with van der Waals surface area (Å²) in [7, 11) is -3.40. The fourth-order valence-corrected chi connectivity index (χ4v) is 2.98. The lowest BCUT2D eigenvalue weighted by Crippen LogP contribution is -2.33. The lowest BCUT2D eigenvalue weighted by Gasteiger charge is -2.18. The Labute approximate surface area is 86.5 Å². The van der Waals surface area contributed by atoms with Crippen LogP contribution in [0.1, 0.15) is 33.6 Å². The van der Waals surface area contributed by atoms with E-state index >= 15 is 0 Å². The summed E-state index contributed by atoms with van der Waals surface area (Å²) >= 11 is 0. The van der Waals surface area contributed by atoms with E-state index in [1.54, 1.807) is 0 Å². The van der Waals surface area contributed by atoms with E-state index < -0.39 is 10.3 Å². The summed E-state index contributed by atoms with van der Waals surface area (Å²) in [6.45, 7) is 6.95. The predicted molar refractivity (Wildman–Crippen MR) is 55.1 cm³/mol. The molecular formula is C9H19NO3S. The van der Waals surface area contributed by atoms with Gasteiger partial charge in [-0.2, -0.15) is 12.7 Å². The lowest BCUT2D eigenvalue weighted by atomic mass is 10.0. The monoisotopic (exact) mass is 221 g/mol. The van der Waals surface area contributed by atoms with Gasteiger partial charge in [-0.25, -0.2) is 0 Å². The molecule has 14 heavy (non-hydrogen) atoms. The molecule has 0 aliphatic carbocycles. The van der Waals surface area contributed by atoms with Gasteiger partial charge in [0.2, 0.25) is 0 Å². The summed E-state index contributed by atoms with van der Waals surface area (Å²) in [5.74, 6) is 0.608. The Bertz CT molecular complexity index is 274. The fraction of sp³-hybridized carbons (Fsp3) is 1.00. The lowest BCUT2D eigenvalue weighted by molar-refractivity contribution is 0.289. The Morgan fingerprint density at radius 1 is 1.50 bits per heavy atom. The molecule has 0 bridgehead atoms. The van der Waals surface area contributed by atoms with Crippen LogP contribution in [0.5, 0.6) is 0 Å². The maximum atomic E-state index is 11.4. The van der Waals surface area contributed by atoms with Crippen molar-refractivity contribution in [3.8, 4) is 0 Å². The molecule has 5 heteroatoms. The molecule has 0 amide bonds. The van der Waals surface area contributed by atoms with Crippen LogP contribution in [0.25, 0.3) is 0 Å². The molecule has 0 aromatic rings. The largest absolute Gasteiger partial charge is 0.338 e. The van der Waals surface area contributed by atoms with E-state index in [0.29, 0.717) is 19.1 Å². The topological polar surface area (TPSA) is 46.6 Å². The molecular weight excluding hydrogens is 202 g/mol. The number of hydrogen-bond acceptors (Lipinski definition) is 3. The maximum absolute atomic E-state index is 11.4. The minimum absolute atomic E-state index is 0.0485. The zero-order chi connectivity index (χ0) is 10.8. The minimum Gasteiger partial charge on any atom is -0.256 e. The Balaban J connectivity index is 2.55. The Hall–Kier alpha value is -0.130. The van der Waals surface area contributed by atoms with Crippen molar-refractivity contribution < 1.29 is 12.6 Å². The Kier molecular flexibility index (Phi) is 3.92. The van der Waals surface area contributed by atoms with Crippen LogP contribution in [0.2, 0.25) is 0 Å². The molecule has 0 aromatic carbocycles. The van der Waals surface area contributed by atoms with Gasteiger partial charge in [0.1, 0.15) is 0 Å². The molecule has 84 valence electrons. The third-order valence-electron chi connectivity index (χ3n) is 2.49.